The normalized spacial score (nSPS) is 10.1. The van der Waals surface area contributed by atoms with Crippen LogP contribution >= 0.6 is 11.8 Å². The van der Waals surface area contributed by atoms with E-state index in [0.29, 0.717) is 11.3 Å². The third kappa shape index (κ3) is 4.21. The lowest BCUT2D eigenvalue weighted by molar-refractivity contribution is 0.102. The second-order valence-electron chi connectivity index (χ2n) is 5.02. The number of thioether (sulfide) groups is 1. The van der Waals surface area contributed by atoms with E-state index in [2.05, 4.69) is 6.07 Å². The maximum Gasteiger partial charge on any atom is 0.172 e. The molecule has 106 valence electrons. The van der Waals surface area contributed by atoms with Crippen LogP contribution in [-0.4, -0.2) is 11.5 Å². The molecule has 2 rings (SSSR count). The van der Waals surface area contributed by atoms with Crippen LogP contribution in [0.4, 0.5) is 0 Å². The number of hydrogen-bond acceptors (Lipinski definition) is 3. The van der Waals surface area contributed by atoms with Gasteiger partial charge in [0.05, 0.1) is 17.4 Å². The maximum atomic E-state index is 12.1. The number of carbonyl (C=O) groups is 1. The Morgan fingerprint density at radius 1 is 1.10 bits per heavy atom. The molecule has 0 bridgehead atoms. The number of nitriles is 1. The average Bonchev–Trinajstić information content (AvgIpc) is 2.50. The minimum Gasteiger partial charge on any atom is -0.293 e. The fraction of sp³-hybridized carbons (Fsp3) is 0.222. The van der Waals surface area contributed by atoms with Gasteiger partial charge in [0.15, 0.2) is 5.78 Å². The highest BCUT2D eigenvalue weighted by Gasteiger charge is 2.07. The van der Waals surface area contributed by atoms with Crippen molar-refractivity contribution in [2.24, 2.45) is 0 Å². The first kappa shape index (κ1) is 15.3. The number of carbonyl (C=O) groups excluding carboxylic acids is 1. The number of nitrogens with zero attached hydrogens (tertiary/aromatic N) is 1. The first-order valence-electron chi connectivity index (χ1n) is 6.77. The predicted molar refractivity (Wildman–Crippen MR) is 87.6 cm³/mol. The zero-order valence-electron chi connectivity index (χ0n) is 12.2. The molecule has 3 heteroatoms. The van der Waals surface area contributed by atoms with Gasteiger partial charge in [0.2, 0.25) is 0 Å². The van der Waals surface area contributed by atoms with Crippen LogP contribution in [0, 0.1) is 25.2 Å². The Morgan fingerprint density at radius 3 is 2.43 bits per heavy atom. The van der Waals surface area contributed by atoms with Crippen molar-refractivity contribution < 1.29 is 4.79 Å². The zero-order chi connectivity index (χ0) is 15.2. The minimum atomic E-state index is 0.164. The molecule has 2 aromatic rings. The molecule has 0 spiro atoms. The molecule has 2 aromatic carbocycles. The van der Waals surface area contributed by atoms with Crippen molar-refractivity contribution >= 4 is 17.5 Å². The monoisotopic (exact) mass is 295 g/mol. The summed E-state index contributed by atoms with van der Waals surface area (Å²) in [4.78, 5) is 12.1. The fourth-order valence-corrected chi connectivity index (χ4v) is 2.82. The fourth-order valence-electron chi connectivity index (χ4n) is 1.94. The molecule has 0 aliphatic carbocycles. The molecule has 0 saturated heterocycles. The summed E-state index contributed by atoms with van der Waals surface area (Å²) < 4.78 is 0. The van der Waals surface area contributed by atoms with E-state index in [1.54, 1.807) is 23.9 Å². The molecular weight excluding hydrogens is 278 g/mol. The molecule has 0 saturated carbocycles. The molecule has 0 radical (unpaired) electrons. The maximum absolute atomic E-state index is 12.1. The number of aryl methyl sites for hydroxylation is 2. The molecule has 0 N–H and O–H groups in total. The Hall–Kier alpha value is -2.05. The third-order valence-electron chi connectivity index (χ3n) is 3.41. The molecule has 0 fully saturated rings. The van der Waals surface area contributed by atoms with Crippen LogP contribution in [-0.2, 0) is 5.75 Å². The van der Waals surface area contributed by atoms with Crippen molar-refractivity contribution in [3.05, 3.63) is 70.3 Å². The van der Waals surface area contributed by atoms with Crippen LogP contribution in [0.15, 0.2) is 42.5 Å². The lowest BCUT2D eigenvalue weighted by Crippen LogP contribution is -2.03. The summed E-state index contributed by atoms with van der Waals surface area (Å²) in [6.45, 7) is 4.07. The number of hydrogen-bond donors (Lipinski definition) is 0. The minimum absolute atomic E-state index is 0.164. The van der Waals surface area contributed by atoms with Crippen LogP contribution in [0.3, 0.4) is 0 Å². The summed E-state index contributed by atoms with van der Waals surface area (Å²) in [5.74, 6) is 1.42. The highest BCUT2D eigenvalue weighted by atomic mass is 32.2. The lowest BCUT2D eigenvalue weighted by atomic mass is 10.0. The molecular formula is C18H17NOS. The van der Waals surface area contributed by atoms with Crippen molar-refractivity contribution in [1.29, 1.82) is 5.26 Å². The van der Waals surface area contributed by atoms with Gasteiger partial charge in [-0.3, -0.25) is 4.79 Å². The van der Waals surface area contributed by atoms with Crippen LogP contribution < -0.4 is 0 Å². The molecule has 0 atom stereocenters. The van der Waals surface area contributed by atoms with Crippen LogP contribution in [0.2, 0.25) is 0 Å². The molecule has 0 unspecified atom stereocenters. The first-order valence-corrected chi connectivity index (χ1v) is 7.93. The summed E-state index contributed by atoms with van der Waals surface area (Å²) in [6, 6.07) is 15.4. The lowest BCUT2D eigenvalue weighted by Gasteiger charge is -2.05. The van der Waals surface area contributed by atoms with Crippen molar-refractivity contribution in [2.45, 2.75) is 19.6 Å². The van der Waals surface area contributed by atoms with Crippen molar-refractivity contribution in [3.63, 3.8) is 0 Å². The van der Waals surface area contributed by atoms with Gasteiger partial charge in [0, 0.05) is 11.3 Å². The molecule has 21 heavy (non-hydrogen) atoms. The summed E-state index contributed by atoms with van der Waals surface area (Å²) in [7, 11) is 0. The molecule has 0 heterocycles. The predicted octanol–water partition coefficient (Wildman–Crippen LogP) is 4.29. The van der Waals surface area contributed by atoms with Crippen molar-refractivity contribution in [1.82, 2.24) is 0 Å². The van der Waals surface area contributed by atoms with E-state index in [0.717, 1.165) is 22.4 Å². The van der Waals surface area contributed by atoms with Gasteiger partial charge in [0.1, 0.15) is 0 Å². The average molecular weight is 295 g/mol. The molecule has 0 aromatic heterocycles. The quantitative estimate of drug-likeness (QED) is 0.773. The van der Waals surface area contributed by atoms with E-state index in [-0.39, 0.29) is 5.78 Å². The molecule has 0 amide bonds. The zero-order valence-corrected chi connectivity index (χ0v) is 13.0. The summed E-state index contributed by atoms with van der Waals surface area (Å²) in [6.07, 6.45) is 0. The van der Waals surface area contributed by atoms with Crippen molar-refractivity contribution in [2.75, 3.05) is 5.75 Å². The molecule has 2 nitrogen and oxygen atoms in total. The Bertz CT molecular complexity index is 683. The third-order valence-corrected chi connectivity index (χ3v) is 4.42. The van der Waals surface area contributed by atoms with Gasteiger partial charge in [-0.15, -0.1) is 11.8 Å². The largest absolute Gasteiger partial charge is 0.293 e. The van der Waals surface area contributed by atoms with Crippen LogP contribution in [0.25, 0.3) is 0 Å². The Labute approximate surface area is 129 Å². The van der Waals surface area contributed by atoms with E-state index >= 15 is 0 Å². The topological polar surface area (TPSA) is 40.9 Å². The van der Waals surface area contributed by atoms with Gasteiger partial charge in [-0.25, -0.2) is 0 Å². The van der Waals surface area contributed by atoms with Crippen molar-refractivity contribution in [3.8, 4) is 6.07 Å². The van der Waals surface area contributed by atoms with E-state index in [1.807, 2.05) is 44.2 Å². The van der Waals surface area contributed by atoms with Gasteiger partial charge in [-0.2, -0.15) is 5.26 Å². The van der Waals surface area contributed by atoms with Gasteiger partial charge in [0.25, 0.3) is 0 Å². The highest BCUT2D eigenvalue weighted by Crippen LogP contribution is 2.16. The van der Waals surface area contributed by atoms with Gasteiger partial charge < -0.3 is 0 Å². The molecule has 0 aliphatic heterocycles. The standard InChI is InChI=1S/C18H17NOS/c1-13-3-8-17(9-14(13)2)18(20)12-21-11-16-6-4-15(10-19)5-7-16/h3-9H,11-12H2,1-2H3. The Morgan fingerprint density at radius 2 is 1.81 bits per heavy atom. The van der Waals surface area contributed by atoms with Gasteiger partial charge >= 0.3 is 0 Å². The SMILES string of the molecule is Cc1ccc(C(=O)CSCc2ccc(C#N)cc2)cc1C. The summed E-state index contributed by atoms with van der Waals surface area (Å²) >= 11 is 1.60. The van der Waals surface area contributed by atoms with Gasteiger partial charge in [-0.05, 0) is 48.7 Å². The first-order chi connectivity index (χ1) is 10.1. The number of rotatable bonds is 5. The van der Waals surface area contributed by atoms with Crippen LogP contribution in [0.5, 0.6) is 0 Å². The number of benzene rings is 2. The second kappa shape index (κ2) is 7.10. The van der Waals surface area contributed by atoms with E-state index in [1.165, 1.54) is 5.56 Å². The summed E-state index contributed by atoms with van der Waals surface area (Å²) in [5, 5.41) is 8.75. The van der Waals surface area contributed by atoms with E-state index < -0.39 is 0 Å². The summed E-state index contributed by atoms with van der Waals surface area (Å²) in [5.41, 5.74) is 4.93. The van der Waals surface area contributed by atoms with Crippen LogP contribution in [0.1, 0.15) is 32.6 Å². The number of Topliss-reactive ketones (excluding diaryl/α,β-unsaturated/α-hetero) is 1. The number of ketones is 1. The Kier molecular flexibility index (Phi) is 5.19. The van der Waals surface area contributed by atoms with E-state index in [4.69, 9.17) is 5.26 Å². The second-order valence-corrected chi connectivity index (χ2v) is 6.01. The smallest absolute Gasteiger partial charge is 0.172 e. The van der Waals surface area contributed by atoms with Gasteiger partial charge in [-0.1, -0.05) is 24.3 Å². The Balaban J connectivity index is 1.89. The van der Waals surface area contributed by atoms with E-state index in [9.17, 15) is 4.79 Å². The molecule has 0 aliphatic rings. The highest BCUT2D eigenvalue weighted by molar-refractivity contribution is 7.99.